The van der Waals surface area contributed by atoms with E-state index in [1.807, 2.05) is 25.2 Å². The Morgan fingerprint density at radius 1 is 1.47 bits per heavy atom. The molecule has 0 spiro atoms. The van der Waals surface area contributed by atoms with Gasteiger partial charge in [0.25, 0.3) is 0 Å². The molecule has 0 fully saturated rings. The second-order valence-electron chi connectivity index (χ2n) is 3.81. The molecular weight excluding hydrogens is 210 g/mol. The maximum absolute atomic E-state index is 9.41. The zero-order valence-electron chi connectivity index (χ0n) is 9.50. The molecule has 0 saturated heterocycles. The average Bonchev–Trinajstić information content (AvgIpc) is 2.17. The van der Waals surface area contributed by atoms with E-state index in [2.05, 4.69) is 11.8 Å². The normalized spacial score (nSPS) is 12.6. The van der Waals surface area contributed by atoms with Crippen LogP contribution in [0.1, 0.15) is 31.9 Å². The number of aliphatic hydroxyl groups excluding tert-OH is 1. The standard InChI is InChI=1S/C12H18ClNO/c1-4-7-14(3)12-6-5-10(9(2)15)8-11(12)13/h5-6,8-9,15H,4,7H2,1-3H3/t9-/m1/s1. The van der Waals surface area contributed by atoms with E-state index in [4.69, 9.17) is 11.6 Å². The molecule has 0 aliphatic carbocycles. The maximum atomic E-state index is 9.41. The molecule has 1 rings (SSSR count). The van der Waals surface area contributed by atoms with Gasteiger partial charge in [0.15, 0.2) is 0 Å². The molecule has 0 saturated carbocycles. The lowest BCUT2D eigenvalue weighted by molar-refractivity contribution is 0.199. The Morgan fingerprint density at radius 3 is 2.60 bits per heavy atom. The van der Waals surface area contributed by atoms with Crippen LogP contribution in [0.25, 0.3) is 0 Å². The molecule has 0 heterocycles. The van der Waals surface area contributed by atoms with Crippen LogP contribution in [0.4, 0.5) is 5.69 Å². The molecule has 0 aliphatic rings. The first-order chi connectivity index (χ1) is 7.06. The van der Waals surface area contributed by atoms with Crippen molar-refractivity contribution in [1.82, 2.24) is 0 Å². The van der Waals surface area contributed by atoms with Crippen LogP contribution >= 0.6 is 11.6 Å². The number of rotatable bonds is 4. The van der Waals surface area contributed by atoms with Gasteiger partial charge >= 0.3 is 0 Å². The third-order valence-corrected chi connectivity index (χ3v) is 2.73. The predicted octanol–water partition coefficient (Wildman–Crippen LogP) is 3.24. The number of nitrogens with zero attached hydrogens (tertiary/aromatic N) is 1. The Labute approximate surface area is 96.5 Å². The summed E-state index contributed by atoms with van der Waals surface area (Å²) in [6, 6.07) is 5.70. The molecule has 84 valence electrons. The second kappa shape index (κ2) is 5.38. The minimum atomic E-state index is -0.465. The number of hydrogen-bond donors (Lipinski definition) is 1. The van der Waals surface area contributed by atoms with Gasteiger partial charge in [-0.25, -0.2) is 0 Å². The highest BCUT2D eigenvalue weighted by molar-refractivity contribution is 6.33. The lowest BCUT2D eigenvalue weighted by Crippen LogP contribution is -2.18. The van der Waals surface area contributed by atoms with Crippen LogP contribution in [-0.2, 0) is 0 Å². The smallest absolute Gasteiger partial charge is 0.0762 e. The van der Waals surface area contributed by atoms with Crippen LogP contribution in [0.2, 0.25) is 5.02 Å². The highest BCUT2D eigenvalue weighted by Crippen LogP contribution is 2.28. The Bertz CT molecular complexity index is 325. The molecule has 0 radical (unpaired) electrons. The summed E-state index contributed by atoms with van der Waals surface area (Å²) in [4.78, 5) is 2.12. The van der Waals surface area contributed by atoms with Gasteiger partial charge in [-0.2, -0.15) is 0 Å². The zero-order chi connectivity index (χ0) is 11.4. The van der Waals surface area contributed by atoms with Crippen LogP contribution in [0.5, 0.6) is 0 Å². The monoisotopic (exact) mass is 227 g/mol. The highest BCUT2D eigenvalue weighted by Gasteiger charge is 2.08. The molecule has 0 unspecified atom stereocenters. The lowest BCUT2D eigenvalue weighted by atomic mass is 10.1. The predicted molar refractivity (Wildman–Crippen MR) is 65.6 cm³/mol. The first-order valence-corrected chi connectivity index (χ1v) is 5.62. The van der Waals surface area contributed by atoms with Crippen molar-refractivity contribution in [3.05, 3.63) is 28.8 Å². The SMILES string of the molecule is CCCN(C)c1ccc([C@@H](C)O)cc1Cl. The van der Waals surface area contributed by atoms with Gasteiger partial charge in [-0.3, -0.25) is 0 Å². The van der Waals surface area contributed by atoms with Crippen molar-refractivity contribution in [3.63, 3.8) is 0 Å². The molecule has 15 heavy (non-hydrogen) atoms. The Morgan fingerprint density at radius 2 is 2.13 bits per heavy atom. The fourth-order valence-electron chi connectivity index (χ4n) is 1.55. The van der Waals surface area contributed by atoms with Crippen molar-refractivity contribution >= 4 is 17.3 Å². The number of halogens is 1. The van der Waals surface area contributed by atoms with Crippen LogP contribution < -0.4 is 4.90 Å². The van der Waals surface area contributed by atoms with E-state index in [1.165, 1.54) is 0 Å². The Kier molecular flexibility index (Phi) is 4.43. The largest absolute Gasteiger partial charge is 0.389 e. The van der Waals surface area contributed by atoms with E-state index in [0.717, 1.165) is 24.2 Å². The third kappa shape index (κ3) is 3.11. The van der Waals surface area contributed by atoms with Crippen LogP contribution in [-0.4, -0.2) is 18.7 Å². The van der Waals surface area contributed by atoms with Crippen molar-refractivity contribution in [1.29, 1.82) is 0 Å². The van der Waals surface area contributed by atoms with Crippen LogP contribution in [0, 0.1) is 0 Å². The van der Waals surface area contributed by atoms with E-state index in [-0.39, 0.29) is 0 Å². The molecule has 2 nitrogen and oxygen atoms in total. The number of anilines is 1. The minimum absolute atomic E-state index is 0.465. The molecule has 3 heteroatoms. The molecule has 0 bridgehead atoms. The number of aliphatic hydroxyl groups is 1. The van der Waals surface area contributed by atoms with E-state index in [1.54, 1.807) is 6.92 Å². The lowest BCUT2D eigenvalue weighted by Gasteiger charge is -2.20. The van der Waals surface area contributed by atoms with Crippen molar-refractivity contribution < 1.29 is 5.11 Å². The van der Waals surface area contributed by atoms with Crippen LogP contribution in [0.3, 0.4) is 0 Å². The fourth-order valence-corrected chi connectivity index (χ4v) is 1.88. The summed E-state index contributed by atoms with van der Waals surface area (Å²) in [6.45, 7) is 4.85. The van der Waals surface area contributed by atoms with Gasteiger partial charge in [0, 0.05) is 13.6 Å². The Balaban J connectivity index is 2.92. The summed E-state index contributed by atoms with van der Waals surface area (Å²) < 4.78 is 0. The fraction of sp³-hybridized carbons (Fsp3) is 0.500. The quantitative estimate of drug-likeness (QED) is 0.854. The van der Waals surface area contributed by atoms with Crippen molar-refractivity contribution in [2.75, 3.05) is 18.5 Å². The molecule has 0 aliphatic heterocycles. The van der Waals surface area contributed by atoms with Crippen molar-refractivity contribution in [2.45, 2.75) is 26.4 Å². The summed E-state index contributed by atoms with van der Waals surface area (Å²) in [5.74, 6) is 0. The molecule has 0 aromatic heterocycles. The van der Waals surface area contributed by atoms with Gasteiger partial charge in [-0.15, -0.1) is 0 Å². The summed E-state index contributed by atoms with van der Waals surface area (Å²) in [5, 5.41) is 10.1. The summed E-state index contributed by atoms with van der Waals surface area (Å²) in [7, 11) is 2.02. The summed E-state index contributed by atoms with van der Waals surface area (Å²) in [6.07, 6.45) is 0.623. The zero-order valence-corrected chi connectivity index (χ0v) is 10.3. The van der Waals surface area contributed by atoms with Gasteiger partial charge in [0.1, 0.15) is 0 Å². The van der Waals surface area contributed by atoms with E-state index in [9.17, 15) is 5.11 Å². The van der Waals surface area contributed by atoms with E-state index >= 15 is 0 Å². The number of benzene rings is 1. The van der Waals surface area contributed by atoms with Gasteiger partial charge in [-0.05, 0) is 31.0 Å². The number of hydrogen-bond acceptors (Lipinski definition) is 2. The minimum Gasteiger partial charge on any atom is -0.389 e. The van der Waals surface area contributed by atoms with E-state index < -0.39 is 6.10 Å². The second-order valence-corrected chi connectivity index (χ2v) is 4.22. The van der Waals surface area contributed by atoms with Crippen molar-refractivity contribution in [3.8, 4) is 0 Å². The first kappa shape index (κ1) is 12.3. The maximum Gasteiger partial charge on any atom is 0.0762 e. The summed E-state index contributed by atoms with van der Waals surface area (Å²) >= 11 is 6.15. The average molecular weight is 228 g/mol. The highest BCUT2D eigenvalue weighted by atomic mass is 35.5. The van der Waals surface area contributed by atoms with Gasteiger partial charge in [0.05, 0.1) is 16.8 Å². The van der Waals surface area contributed by atoms with Gasteiger partial charge < -0.3 is 10.0 Å². The van der Waals surface area contributed by atoms with Crippen LogP contribution in [0.15, 0.2) is 18.2 Å². The molecule has 1 atom stereocenters. The van der Waals surface area contributed by atoms with E-state index in [0.29, 0.717) is 5.02 Å². The van der Waals surface area contributed by atoms with Crippen molar-refractivity contribution in [2.24, 2.45) is 0 Å². The molecule has 1 aromatic rings. The third-order valence-electron chi connectivity index (χ3n) is 2.42. The molecular formula is C12H18ClNO. The first-order valence-electron chi connectivity index (χ1n) is 5.25. The summed E-state index contributed by atoms with van der Waals surface area (Å²) in [5.41, 5.74) is 1.87. The topological polar surface area (TPSA) is 23.5 Å². The molecule has 1 aromatic carbocycles. The van der Waals surface area contributed by atoms with Gasteiger partial charge in [0.2, 0.25) is 0 Å². The molecule has 1 N–H and O–H groups in total. The molecule has 0 amide bonds. The Hall–Kier alpha value is -0.730. The van der Waals surface area contributed by atoms with Gasteiger partial charge in [-0.1, -0.05) is 24.6 Å².